The van der Waals surface area contributed by atoms with E-state index in [2.05, 4.69) is 4.72 Å². The summed E-state index contributed by atoms with van der Waals surface area (Å²) < 4.78 is 39.7. The fraction of sp³-hybridized carbons (Fsp3) is 0.625. The van der Waals surface area contributed by atoms with Gasteiger partial charge in [0.2, 0.25) is 15.9 Å². The van der Waals surface area contributed by atoms with E-state index in [1.165, 1.54) is 0 Å². The summed E-state index contributed by atoms with van der Waals surface area (Å²) in [6.45, 7) is 6.38. The van der Waals surface area contributed by atoms with E-state index in [1.807, 2.05) is 0 Å². The Morgan fingerprint density at radius 3 is 2.38 bits per heavy atom. The predicted molar refractivity (Wildman–Crippen MR) is 93.4 cm³/mol. The first-order valence-electron chi connectivity index (χ1n) is 8.38. The molecule has 146 valence electrons. The van der Waals surface area contributed by atoms with Gasteiger partial charge in [0.15, 0.2) is 0 Å². The molecule has 0 unspecified atom stereocenters. The van der Waals surface area contributed by atoms with E-state index in [0.717, 1.165) is 0 Å². The van der Waals surface area contributed by atoms with Gasteiger partial charge in [-0.2, -0.15) is 0 Å². The molecule has 1 aromatic heterocycles. The maximum Gasteiger partial charge on any atom is 0.341 e. The second kappa shape index (κ2) is 8.19. The Balaban J connectivity index is 2.26. The molecule has 2 rings (SSSR count). The molecule has 26 heavy (non-hydrogen) atoms. The number of nitrogens with one attached hydrogen (secondary N) is 1. The standard InChI is InChI=1S/C16H25N3O6S/c1-5-25-16(21)14-11(2)18(4)12(3)15(14)26(22,23)17-10-13(20)19-6-8-24-9-7-19/h17H,5-10H2,1-4H3. The van der Waals surface area contributed by atoms with E-state index in [-0.39, 0.29) is 29.5 Å². The fourth-order valence-corrected chi connectivity index (χ4v) is 4.33. The van der Waals surface area contributed by atoms with E-state index in [1.54, 1.807) is 37.3 Å². The molecule has 1 aliphatic heterocycles. The number of hydrogen-bond acceptors (Lipinski definition) is 6. The minimum Gasteiger partial charge on any atom is -0.462 e. The molecule has 1 amide bonds. The summed E-state index contributed by atoms with van der Waals surface area (Å²) in [5, 5.41) is 0. The number of hydrogen-bond donors (Lipinski definition) is 1. The molecule has 0 atom stereocenters. The van der Waals surface area contributed by atoms with Gasteiger partial charge in [0, 0.05) is 31.5 Å². The maximum absolute atomic E-state index is 12.8. The summed E-state index contributed by atoms with van der Waals surface area (Å²) in [6.07, 6.45) is 0. The highest BCUT2D eigenvalue weighted by molar-refractivity contribution is 7.89. The van der Waals surface area contributed by atoms with Crippen molar-refractivity contribution in [3.8, 4) is 0 Å². The largest absolute Gasteiger partial charge is 0.462 e. The van der Waals surface area contributed by atoms with Gasteiger partial charge in [0.1, 0.15) is 10.5 Å². The zero-order chi connectivity index (χ0) is 19.5. The molecule has 1 fully saturated rings. The smallest absolute Gasteiger partial charge is 0.341 e. The quantitative estimate of drug-likeness (QED) is 0.686. The van der Waals surface area contributed by atoms with Crippen LogP contribution in [0.15, 0.2) is 4.90 Å². The van der Waals surface area contributed by atoms with Crippen LogP contribution >= 0.6 is 0 Å². The molecule has 0 saturated carbocycles. The minimum atomic E-state index is -4.07. The van der Waals surface area contributed by atoms with Crippen molar-refractivity contribution in [3.05, 3.63) is 17.0 Å². The zero-order valence-corrected chi connectivity index (χ0v) is 16.3. The van der Waals surface area contributed by atoms with Gasteiger partial charge in [0.25, 0.3) is 0 Å². The Morgan fingerprint density at radius 2 is 1.81 bits per heavy atom. The van der Waals surface area contributed by atoms with Crippen molar-refractivity contribution >= 4 is 21.9 Å². The highest BCUT2D eigenvalue weighted by Crippen LogP contribution is 2.26. The van der Waals surface area contributed by atoms with Gasteiger partial charge in [-0.25, -0.2) is 17.9 Å². The van der Waals surface area contributed by atoms with E-state index in [9.17, 15) is 18.0 Å². The summed E-state index contributed by atoms with van der Waals surface area (Å²) in [5.74, 6) is -1.03. The van der Waals surface area contributed by atoms with Crippen molar-refractivity contribution in [2.45, 2.75) is 25.7 Å². The van der Waals surface area contributed by atoms with Crippen molar-refractivity contribution in [3.63, 3.8) is 0 Å². The average Bonchev–Trinajstić information content (AvgIpc) is 2.85. The van der Waals surface area contributed by atoms with Crippen LogP contribution in [0.25, 0.3) is 0 Å². The number of sulfonamides is 1. The molecule has 0 aliphatic carbocycles. The molecule has 1 N–H and O–H groups in total. The van der Waals surface area contributed by atoms with Crippen molar-refractivity contribution in [2.75, 3.05) is 39.5 Å². The third kappa shape index (κ3) is 4.08. The van der Waals surface area contributed by atoms with Gasteiger partial charge in [-0.1, -0.05) is 0 Å². The van der Waals surface area contributed by atoms with Crippen LogP contribution in [-0.2, 0) is 31.3 Å². The normalized spacial score (nSPS) is 15.2. The first-order valence-corrected chi connectivity index (χ1v) is 9.87. The molecule has 9 nitrogen and oxygen atoms in total. The van der Waals surface area contributed by atoms with Gasteiger partial charge < -0.3 is 18.9 Å². The van der Waals surface area contributed by atoms with Gasteiger partial charge in [-0.15, -0.1) is 0 Å². The number of esters is 1. The lowest BCUT2D eigenvalue weighted by Gasteiger charge is -2.26. The molecule has 1 saturated heterocycles. The Morgan fingerprint density at radius 1 is 1.19 bits per heavy atom. The number of aromatic nitrogens is 1. The van der Waals surface area contributed by atoms with Crippen molar-refractivity contribution in [1.82, 2.24) is 14.2 Å². The van der Waals surface area contributed by atoms with Crippen LogP contribution in [0.5, 0.6) is 0 Å². The zero-order valence-electron chi connectivity index (χ0n) is 15.5. The van der Waals surface area contributed by atoms with Crippen molar-refractivity contribution in [1.29, 1.82) is 0 Å². The Labute approximate surface area is 153 Å². The topological polar surface area (TPSA) is 107 Å². The second-order valence-electron chi connectivity index (χ2n) is 5.97. The van der Waals surface area contributed by atoms with Gasteiger partial charge in [-0.05, 0) is 20.8 Å². The Bertz CT molecular complexity index is 793. The number of nitrogens with zero attached hydrogens (tertiary/aromatic N) is 2. The highest BCUT2D eigenvalue weighted by atomic mass is 32.2. The summed E-state index contributed by atoms with van der Waals surface area (Å²) in [6, 6.07) is 0. The second-order valence-corrected chi connectivity index (χ2v) is 7.68. The molecule has 2 heterocycles. The molecule has 10 heteroatoms. The summed E-state index contributed by atoms with van der Waals surface area (Å²) in [7, 11) is -2.40. The SMILES string of the molecule is CCOC(=O)c1c(S(=O)(=O)NCC(=O)N2CCOCC2)c(C)n(C)c1C. The first-order chi connectivity index (χ1) is 12.2. The fourth-order valence-electron chi connectivity index (χ4n) is 2.84. The Hall–Kier alpha value is -1.91. The lowest BCUT2D eigenvalue weighted by molar-refractivity contribution is -0.133. The summed E-state index contributed by atoms with van der Waals surface area (Å²) in [4.78, 5) is 25.9. The highest BCUT2D eigenvalue weighted by Gasteiger charge is 2.32. The van der Waals surface area contributed by atoms with Crippen LogP contribution in [0.3, 0.4) is 0 Å². The molecule has 0 radical (unpaired) electrons. The van der Waals surface area contributed by atoms with Crippen LogP contribution in [0, 0.1) is 13.8 Å². The number of amides is 1. The molecule has 0 bridgehead atoms. The van der Waals surface area contributed by atoms with Crippen LogP contribution in [-0.4, -0.2) is 69.2 Å². The molecule has 0 aromatic carbocycles. The Kier molecular flexibility index (Phi) is 6.43. The van der Waals surface area contributed by atoms with Crippen molar-refractivity contribution in [2.24, 2.45) is 7.05 Å². The van der Waals surface area contributed by atoms with E-state index >= 15 is 0 Å². The van der Waals surface area contributed by atoms with Crippen LogP contribution < -0.4 is 4.72 Å². The summed E-state index contributed by atoms with van der Waals surface area (Å²) in [5.41, 5.74) is 0.885. The predicted octanol–water partition coefficient (Wildman–Crippen LogP) is -0.0443. The molecular weight excluding hydrogens is 362 g/mol. The first kappa shape index (κ1) is 20.4. The molecular formula is C16H25N3O6S. The number of rotatable bonds is 6. The van der Waals surface area contributed by atoms with Gasteiger partial charge in [0.05, 0.1) is 26.4 Å². The monoisotopic (exact) mass is 387 g/mol. The lowest BCUT2D eigenvalue weighted by Crippen LogP contribution is -2.45. The maximum atomic E-state index is 12.8. The minimum absolute atomic E-state index is 0.00169. The van der Waals surface area contributed by atoms with E-state index < -0.39 is 16.0 Å². The van der Waals surface area contributed by atoms with Crippen LogP contribution in [0.2, 0.25) is 0 Å². The van der Waals surface area contributed by atoms with Crippen LogP contribution in [0.4, 0.5) is 0 Å². The average molecular weight is 387 g/mol. The number of carbonyl (C=O) groups excluding carboxylic acids is 2. The number of carbonyl (C=O) groups is 2. The third-order valence-electron chi connectivity index (χ3n) is 4.45. The van der Waals surface area contributed by atoms with E-state index in [4.69, 9.17) is 9.47 Å². The third-order valence-corrected chi connectivity index (χ3v) is 6.01. The van der Waals surface area contributed by atoms with Gasteiger partial charge >= 0.3 is 5.97 Å². The van der Waals surface area contributed by atoms with Gasteiger partial charge in [-0.3, -0.25) is 4.79 Å². The summed E-state index contributed by atoms with van der Waals surface area (Å²) >= 11 is 0. The number of ether oxygens (including phenoxy) is 2. The molecule has 1 aromatic rings. The number of morpholine rings is 1. The molecule has 0 spiro atoms. The van der Waals surface area contributed by atoms with Crippen LogP contribution in [0.1, 0.15) is 28.7 Å². The van der Waals surface area contributed by atoms with E-state index in [0.29, 0.717) is 37.7 Å². The lowest BCUT2D eigenvalue weighted by atomic mass is 10.2. The molecule has 1 aliphatic rings. The van der Waals surface area contributed by atoms with Crippen molar-refractivity contribution < 1.29 is 27.5 Å².